The van der Waals surface area contributed by atoms with Crippen LogP contribution in [0.3, 0.4) is 0 Å². The molecule has 2 nitrogen and oxygen atoms in total. The second-order valence-corrected chi connectivity index (χ2v) is 5.67. The summed E-state index contributed by atoms with van der Waals surface area (Å²) in [6.45, 7) is 2.42. The van der Waals surface area contributed by atoms with Crippen LogP contribution in [-0.4, -0.2) is 36.7 Å². The van der Waals surface area contributed by atoms with E-state index in [0.717, 1.165) is 12.1 Å². The molecule has 2 rings (SSSR count). The van der Waals surface area contributed by atoms with Gasteiger partial charge in [-0.15, -0.1) is 0 Å². The zero-order valence-corrected chi connectivity index (χ0v) is 9.74. The third kappa shape index (κ3) is 3.44. The molecule has 2 N–H and O–H groups in total. The lowest BCUT2D eigenvalue weighted by atomic mass is 10.0. The predicted molar refractivity (Wildman–Crippen MR) is 64.0 cm³/mol. The SMILES string of the molecule is C1CCC(CNC2CCSCC2)NC1. The molecule has 2 saturated heterocycles. The van der Waals surface area contributed by atoms with E-state index in [1.807, 2.05) is 0 Å². The summed E-state index contributed by atoms with van der Waals surface area (Å²) in [5, 5.41) is 7.31. The summed E-state index contributed by atoms with van der Waals surface area (Å²) in [5.41, 5.74) is 0. The lowest BCUT2D eigenvalue weighted by molar-refractivity contribution is 0.358. The number of hydrogen-bond donors (Lipinski definition) is 2. The van der Waals surface area contributed by atoms with E-state index in [1.54, 1.807) is 0 Å². The highest BCUT2D eigenvalue weighted by molar-refractivity contribution is 7.99. The van der Waals surface area contributed by atoms with Crippen LogP contribution in [0.15, 0.2) is 0 Å². The Morgan fingerprint density at radius 1 is 1.14 bits per heavy atom. The van der Waals surface area contributed by atoms with Crippen LogP contribution in [0, 0.1) is 0 Å². The average Bonchev–Trinajstić information content (AvgIpc) is 2.29. The smallest absolute Gasteiger partial charge is 0.0192 e. The first-order chi connectivity index (χ1) is 6.95. The molecule has 14 heavy (non-hydrogen) atoms. The third-order valence-electron chi connectivity index (χ3n) is 3.29. The Bertz CT molecular complexity index is 133. The van der Waals surface area contributed by atoms with Crippen molar-refractivity contribution in [2.75, 3.05) is 24.6 Å². The van der Waals surface area contributed by atoms with Gasteiger partial charge in [-0.05, 0) is 43.7 Å². The molecule has 0 aliphatic carbocycles. The van der Waals surface area contributed by atoms with Gasteiger partial charge < -0.3 is 10.6 Å². The van der Waals surface area contributed by atoms with Gasteiger partial charge in [0.2, 0.25) is 0 Å². The molecule has 82 valence electrons. The number of thioether (sulfide) groups is 1. The molecule has 1 unspecified atom stereocenters. The zero-order valence-electron chi connectivity index (χ0n) is 8.93. The molecule has 2 heterocycles. The normalized spacial score (nSPS) is 30.4. The predicted octanol–water partition coefficient (Wildman–Crippen LogP) is 1.61. The second kappa shape index (κ2) is 5.99. The van der Waals surface area contributed by atoms with Crippen LogP contribution in [0.4, 0.5) is 0 Å². The molecule has 0 radical (unpaired) electrons. The van der Waals surface area contributed by atoms with E-state index in [0.29, 0.717) is 0 Å². The molecule has 0 aromatic rings. The van der Waals surface area contributed by atoms with E-state index in [9.17, 15) is 0 Å². The standard InChI is InChI=1S/C11H22N2S/c1-2-6-12-11(3-1)9-13-10-4-7-14-8-5-10/h10-13H,1-9H2. The minimum atomic E-state index is 0.748. The number of hydrogen-bond acceptors (Lipinski definition) is 3. The average molecular weight is 214 g/mol. The van der Waals surface area contributed by atoms with Gasteiger partial charge >= 0.3 is 0 Å². The molecular formula is C11H22N2S. The lowest BCUT2D eigenvalue weighted by Crippen LogP contribution is -2.45. The quantitative estimate of drug-likeness (QED) is 0.746. The van der Waals surface area contributed by atoms with Gasteiger partial charge in [-0.25, -0.2) is 0 Å². The van der Waals surface area contributed by atoms with Gasteiger partial charge in [-0.3, -0.25) is 0 Å². The molecule has 0 bridgehead atoms. The van der Waals surface area contributed by atoms with Crippen LogP contribution in [0.2, 0.25) is 0 Å². The van der Waals surface area contributed by atoms with E-state index in [-0.39, 0.29) is 0 Å². The Morgan fingerprint density at radius 2 is 2.00 bits per heavy atom. The maximum absolute atomic E-state index is 3.72. The Morgan fingerprint density at radius 3 is 2.71 bits per heavy atom. The number of rotatable bonds is 3. The molecule has 0 spiro atoms. The van der Waals surface area contributed by atoms with Gasteiger partial charge in [-0.1, -0.05) is 6.42 Å². The number of nitrogens with one attached hydrogen (secondary N) is 2. The fraction of sp³-hybridized carbons (Fsp3) is 1.00. The van der Waals surface area contributed by atoms with Crippen LogP contribution in [0.5, 0.6) is 0 Å². The van der Waals surface area contributed by atoms with Crippen LogP contribution < -0.4 is 10.6 Å². The van der Waals surface area contributed by atoms with Crippen molar-refractivity contribution in [1.29, 1.82) is 0 Å². The van der Waals surface area contributed by atoms with E-state index >= 15 is 0 Å². The zero-order chi connectivity index (χ0) is 9.64. The Balaban J connectivity index is 1.60. The molecular weight excluding hydrogens is 192 g/mol. The third-order valence-corrected chi connectivity index (χ3v) is 4.34. The molecule has 0 aromatic carbocycles. The van der Waals surface area contributed by atoms with Crippen molar-refractivity contribution >= 4 is 11.8 Å². The van der Waals surface area contributed by atoms with Gasteiger partial charge in [0.1, 0.15) is 0 Å². The highest BCUT2D eigenvalue weighted by Crippen LogP contribution is 2.17. The van der Waals surface area contributed by atoms with Crippen molar-refractivity contribution in [2.45, 2.75) is 44.2 Å². The van der Waals surface area contributed by atoms with Crippen LogP contribution in [0.1, 0.15) is 32.1 Å². The summed E-state index contributed by atoms with van der Waals surface area (Å²) in [6.07, 6.45) is 6.90. The fourth-order valence-electron chi connectivity index (χ4n) is 2.31. The Kier molecular flexibility index (Phi) is 4.61. The summed E-state index contributed by atoms with van der Waals surface area (Å²) >= 11 is 2.10. The van der Waals surface area contributed by atoms with Crippen molar-refractivity contribution < 1.29 is 0 Å². The van der Waals surface area contributed by atoms with Crippen molar-refractivity contribution in [3.05, 3.63) is 0 Å². The van der Waals surface area contributed by atoms with Gasteiger partial charge in [0, 0.05) is 18.6 Å². The van der Waals surface area contributed by atoms with Gasteiger partial charge in [0.05, 0.1) is 0 Å². The molecule has 0 amide bonds. The molecule has 2 aliphatic heterocycles. The van der Waals surface area contributed by atoms with Crippen LogP contribution >= 0.6 is 11.8 Å². The first-order valence-electron chi connectivity index (χ1n) is 5.99. The summed E-state index contributed by atoms with van der Waals surface area (Å²) < 4.78 is 0. The molecule has 1 atom stereocenters. The van der Waals surface area contributed by atoms with E-state index in [1.165, 1.54) is 56.7 Å². The van der Waals surface area contributed by atoms with Crippen molar-refractivity contribution in [1.82, 2.24) is 10.6 Å². The van der Waals surface area contributed by atoms with Crippen molar-refractivity contribution in [3.63, 3.8) is 0 Å². The van der Waals surface area contributed by atoms with Gasteiger partial charge in [0.25, 0.3) is 0 Å². The van der Waals surface area contributed by atoms with Crippen LogP contribution in [-0.2, 0) is 0 Å². The molecule has 0 saturated carbocycles. The topological polar surface area (TPSA) is 24.1 Å². The summed E-state index contributed by atoms with van der Waals surface area (Å²) in [4.78, 5) is 0. The first-order valence-corrected chi connectivity index (χ1v) is 7.15. The van der Waals surface area contributed by atoms with Crippen molar-refractivity contribution in [2.24, 2.45) is 0 Å². The monoisotopic (exact) mass is 214 g/mol. The molecule has 3 heteroatoms. The highest BCUT2D eigenvalue weighted by atomic mass is 32.2. The van der Waals surface area contributed by atoms with Gasteiger partial charge in [-0.2, -0.15) is 11.8 Å². The molecule has 0 aromatic heterocycles. The van der Waals surface area contributed by atoms with Gasteiger partial charge in [0.15, 0.2) is 0 Å². The number of piperidine rings is 1. The highest BCUT2D eigenvalue weighted by Gasteiger charge is 2.16. The lowest BCUT2D eigenvalue weighted by Gasteiger charge is -2.28. The Hall–Kier alpha value is 0.270. The molecule has 2 fully saturated rings. The summed E-state index contributed by atoms with van der Waals surface area (Å²) in [5.74, 6) is 2.71. The minimum absolute atomic E-state index is 0.748. The van der Waals surface area contributed by atoms with E-state index in [2.05, 4.69) is 22.4 Å². The van der Waals surface area contributed by atoms with E-state index < -0.39 is 0 Å². The fourth-order valence-corrected chi connectivity index (χ4v) is 3.42. The Labute approximate surface area is 91.6 Å². The van der Waals surface area contributed by atoms with E-state index in [4.69, 9.17) is 0 Å². The van der Waals surface area contributed by atoms with Crippen molar-refractivity contribution in [3.8, 4) is 0 Å². The maximum atomic E-state index is 3.72. The van der Waals surface area contributed by atoms with Crippen LogP contribution in [0.25, 0.3) is 0 Å². The second-order valence-electron chi connectivity index (χ2n) is 4.44. The minimum Gasteiger partial charge on any atom is -0.313 e. The summed E-state index contributed by atoms with van der Waals surface area (Å²) in [6, 6.07) is 1.55. The first kappa shape index (κ1) is 10.8. The largest absolute Gasteiger partial charge is 0.313 e. The summed E-state index contributed by atoms with van der Waals surface area (Å²) in [7, 11) is 0. The molecule has 2 aliphatic rings. The maximum Gasteiger partial charge on any atom is 0.0192 e.